The van der Waals surface area contributed by atoms with E-state index in [0.717, 1.165) is 12.5 Å². The number of hydrogen-bond acceptors (Lipinski definition) is 2. The van der Waals surface area contributed by atoms with Crippen LogP contribution in [0.1, 0.15) is 29.3 Å². The second-order valence-electron chi connectivity index (χ2n) is 4.69. The summed E-state index contributed by atoms with van der Waals surface area (Å²) >= 11 is 0. The maximum Gasteiger partial charge on any atom is 0.167 e. The van der Waals surface area contributed by atoms with Crippen LogP contribution in [0.15, 0.2) is 42.5 Å². The Kier molecular flexibility index (Phi) is 5.04. The minimum Gasteiger partial charge on any atom is -0.494 e. The van der Waals surface area contributed by atoms with Crippen molar-refractivity contribution in [3.05, 3.63) is 65.2 Å². The first-order valence-electron chi connectivity index (χ1n) is 6.80. The standard InChI is InChI=1S/C17H16F2O2/c1-2-9-21-14-7-3-5-12(10-14)16(20)11-13-6-4-8-15(18)17(13)19/h3-8,10H,2,9,11H2,1H3. The van der Waals surface area contributed by atoms with Crippen LogP contribution < -0.4 is 4.74 Å². The van der Waals surface area contributed by atoms with Gasteiger partial charge in [0.25, 0.3) is 0 Å². The van der Waals surface area contributed by atoms with Crippen LogP contribution >= 0.6 is 0 Å². The molecule has 2 aromatic rings. The number of carbonyl (C=O) groups is 1. The summed E-state index contributed by atoms with van der Waals surface area (Å²) in [4.78, 5) is 12.2. The summed E-state index contributed by atoms with van der Waals surface area (Å²) in [5.74, 6) is -1.59. The SMILES string of the molecule is CCCOc1cccc(C(=O)Cc2cccc(F)c2F)c1. The van der Waals surface area contributed by atoms with Crippen molar-refractivity contribution >= 4 is 5.78 Å². The number of carbonyl (C=O) groups excluding carboxylic acids is 1. The smallest absolute Gasteiger partial charge is 0.167 e. The van der Waals surface area contributed by atoms with Crippen molar-refractivity contribution in [2.45, 2.75) is 19.8 Å². The van der Waals surface area contributed by atoms with Gasteiger partial charge in [-0.15, -0.1) is 0 Å². The van der Waals surface area contributed by atoms with Crippen molar-refractivity contribution < 1.29 is 18.3 Å². The van der Waals surface area contributed by atoms with Crippen LogP contribution in [0.25, 0.3) is 0 Å². The number of Topliss-reactive ketones (excluding diaryl/α,β-unsaturated/α-hetero) is 1. The highest BCUT2D eigenvalue weighted by Gasteiger charge is 2.13. The molecule has 110 valence electrons. The van der Waals surface area contributed by atoms with E-state index in [9.17, 15) is 13.6 Å². The third kappa shape index (κ3) is 3.88. The Hall–Kier alpha value is -2.23. The molecule has 0 saturated carbocycles. The van der Waals surface area contributed by atoms with Crippen molar-refractivity contribution in [3.8, 4) is 5.75 Å². The summed E-state index contributed by atoms with van der Waals surface area (Å²) in [6, 6.07) is 10.6. The molecular weight excluding hydrogens is 274 g/mol. The molecule has 0 N–H and O–H groups in total. The van der Waals surface area contributed by atoms with Gasteiger partial charge in [-0.2, -0.15) is 0 Å². The number of rotatable bonds is 6. The largest absolute Gasteiger partial charge is 0.494 e. The van der Waals surface area contributed by atoms with Gasteiger partial charge in [-0.3, -0.25) is 4.79 Å². The Morgan fingerprint density at radius 3 is 2.67 bits per heavy atom. The Labute approximate surface area is 122 Å². The average molecular weight is 290 g/mol. The van der Waals surface area contributed by atoms with Crippen LogP contribution in [-0.2, 0) is 6.42 Å². The van der Waals surface area contributed by atoms with Crippen molar-refractivity contribution in [2.24, 2.45) is 0 Å². The highest BCUT2D eigenvalue weighted by Crippen LogP contribution is 2.18. The third-order valence-electron chi connectivity index (χ3n) is 3.01. The lowest BCUT2D eigenvalue weighted by atomic mass is 10.0. The summed E-state index contributed by atoms with van der Waals surface area (Å²) in [5, 5.41) is 0. The summed E-state index contributed by atoms with van der Waals surface area (Å²) in [7, 11) is 0. The zero-order valence-electron chi connectivity index (χ0n) is 11.7. The Bertz CT molecular complexity index is 638. The van der Waals surface area contributed by atoms with E-state index >= 15 is 0 Å². The zero-order chi connectivity index (χ0) is 15.2. The molecule has 4 heteroatoms. The molecule has 2 nitrogen and oxygen atoms in total. The second kappa shape index (κ2) is 6.97. The average Bonchev–Trinajstić information content (AvgIpc) is 2.50. The third-order valence-corrected chi connectivity index (χ3v) is 3.01. The maximum absolute atomic E-state index is 13.6. The Morgan fingerprint density at radius 2 is 1.90 bits per heavy atom. The molecule has 2 aromatic carbocycles. The van der Waals surface area contributed by atoms with E-state index in [4.69, 9.17) is 4.74 Å². The topological polar surface area (TPSA) is 26.3 Å². The van der Waals surface area contributed by atoms with E-state index in [1.165, 1.54) is 12.1 Å². The van der Waals surface area contributed by atoms with E-state index in [1.54, 1.807) is 24.3 Å². The predicted octanol–water partition coefficient (Wildman–Crippen LogP) is 4.18. The molecule has 0 atom stereocenters. The number of hydrogen-bond donors (Lipinski definition) is 0. The summed E-state index contributed by atoms with van der Waals surface area (Å²) in [6.07, 6.45) is 0.688. The summed E-state index contributed by atoms with van der Waals surface area (Å²) in [6.45, 7) is 2.55. The van der Waals surface area contributed by atoms with E-state index in [0.29, 0.717) is 17.9 Å². The summed E-state index contributed by atoms with van der Waals surface area (Å²) < 4.78 is 32.2. The van der Waals surface area contributed by atoms with Crippen LogP contribution in [0, 0.1) is 11.6 Å². The fourth-order valence-electron chi connectivity index (χ4n) is 1.94. The number of ketones is 1. The van der Waals surface area contributed by atoms with Crippen LogP contribution in [0.3, 0.4) is 0 Å². The van der Waals surface area contributed by atoms with Crippen molar-refractivity contribution in [2.75, 3.05) is 6.61 Å². The van der Waals surface area contributed by atoms with Crippen LogP contribution in [0.2, 0.25) is 0 Å². The van der Waals surface area contributed by atoms with E-state index in [-0.39, 0.29) is 17.8 Å². The monoisotopic (exact) mass is 290 g/mol. The lowest BCUT2D eigenvalue weighted by Gasteiger charge is -2.07. The molecule has 0 aliphatic heterocycles. The molecule has 2 rings (SSSR count). The van der Waals surface area contributed by atoms with Gasteiger partial charge in [0.1, 0.15) is 5.75 Å². The minimum absolute atomic E-state index is 0.0554. The Morgan fingerprint density at radius 1 is 1.14 bits per heavy atom. The second-order valence-corrected chi connectivity index (χ2v) is 4.69. The molecule has 0 spiro atoms. The lowest BCUT2D eigenvalue weighted by Crippen LogP contribution is -2.06. The van der Waals surface area contributed by atoms with E-state index in [1.807, 2.05) is 6.92 Å². The highest BCUT2D eigenvalue weighted by molar-refractivity contribution is 5.97. The van der Waals surface area contributed by atoms with Gasteiger partial charge < -0.3 is 4.74 Å². The molecule has 0 bridgehead atoms. The first-order valence-corrected chi connectivity index (χ1v) is 6.80. The quantitative estimate of drug-likeness (QED) is 0.746. The highest BCUT2D eigenvalue weighted by atomic mass is 19.2. The maximum atomic E-state index is 13.6. The minimum atomic E-state index is -0.968. The first kappa shape index (κ1) is 15.2. The molecule has 0 aliphatic carbocycles. The molecule has 0 heterocycles. The zero-order valence-corrected chi connectivity index (χ0v) is 11.7. The molecule has 0 amide bonds. The summed E-state index contributed by atoms with van der Waals surface area (Å²) in [5.41, 5.74) is 0.479. The predicted molar refractivity (Wildman–Crippen MR) is 76.6 cm³/mol. The molecule has 0 aromatic heterocycles. The molecular formula is C17H16F2O2. The van der Waals surface area contributed by atoms with Gasteiger partial charge in [0.05, 0.1) is 6.61 Å². The van der Waals surface area contributed by atoms with Gasteiger partial charge in [0.2, 0.25) is 0 Å². The molecule has 21 heavy (non-hydrogen) atoms. The number of ether oxygens (including phenoxy) is 1. The Balaban J connectivity index is 2.15. The van der Waals surface area contributed by atoms with Crippen molar-refractivity contribution in [1.29, 1.82) is 0 Å². The van der Waals surface area contributed by atoms with Crippen LogP contribution in [-0.4, -0.2) is 12.4 Å². The fraction of sp³-hybridized carbons (Fsp3) is 0.235. The molecule has 0 unspecified atom stereocenters. The van der Waals surface area contributed by atoms with Gasteiger partial charge in [-0.05, 0) is 30.2 Å². The lowest BCUT2D eigenvalue weighted by molar-refractivity contribution is 0.0991. The first-order chi connectivity index (χ1) is 10.1. The van der Waals surface area contributed by atoms with Crippen molar-refractivity contribution in [3.63, 3.8) is 0 Å². The molecule has 0 radical (unpaired) electrons. The normalized spacial score (nSPS) is 10.4. The number of benzene rings is 2. The number of halogens is 2. The molecule has 0 aliphatic rings. The van der Waals surface area contributed by atoms with Crippen molar-refractivity contribution in [1.82, 2.24) is 0 Å². The fourth-order valence-corrected chi connectivity index (χ4v) is 1.94. The van der Waals surface area contributed by atoms with E-state index in [2.05, 4.69) is 0 Å². The van der Waals surface area contributed by atoms with Gasteiger partial charge in [0, 0.05) is 12.0 Å². The van der Waals surface area contributed by atoms with E-state index < -0.39 is 11.6 Å². The van der Waals surface area contributed by atoms with Gasteiger partial charge in [-0.25, -0.2) is 8.78 Å². The van der Waals surface area contributed by atoms with Gasteiger partial charge in [-0.1, -0.05) is 31.2 Å². The van der Waals surface area contributed by atoms with Crippen LogP contribution in [0.5, 0.6) is 5.75 Å². The molecule has 0 fully saturated rings. The van der Waals surface area contributed by atoms with Gasteiger partial charge >= 0.3 is 0 Å². The van der Waals surface area contributed by atoms with Crippen LogP contribution in [0.4, 0.5) is 8.78 Å². The molecule has 0 saturated heterocycles. The van der Waals surface area contributed by atoms with Gasteiger partial charge in [0.15, 0.2) is 17.4 Å².